The molecule has 3 aromatic carbocycles. The van der Waals surface area contributed by atoms with Crippen molar-refractivity contribution >= 4 is 17.3 Å². The molecule has 1 heterocycles. The number of nitrogens with one attached hydrogen (secondary N) is 1. The molecule has 3 heteroatoms. The van der Waals surface area contributed by atoms with Crippen LogP contribution in [0.4, 0.5) is 5.69 Å². The third-order valence-corrected chi connectivity index (χ3v) is 6.68. The molecular weight excluding hydrogens is 388 g/mol. The SMILES string of the molecule is CC(C)c1cccc(CC2CNCC2Cc2c(N)cccc2-c2ccc(Cl)cc2)c1. The molecule has 156 valence electrons. The quantitative estimate of drug-likeness (QED) is 0.459. The summed E-state index contributed by atoms with van der Waals surface area (Å²) in [5.74, 6) is 1.75. The highest BCUT2D eigenvalue weighted by atomic mass is 35.5. The van der Waals surface area contributed by atoms with Gasteiger partial charge in [-0.1, -0.05) is 74.0 Å². The van der Waals surface area contributed by atoms with Crippen LogP contribution in [-0.2, 0) is 12.8 Å². The molecule has 0 bridgehead atoms. The molecule has 2 atom stereocenters. The zero-order valence-electron chi connectivity index (χ0n) is 17.9. The first-order chi connectivity index (χ1) is 14.5. The van der Waals surface area contributed by atoms with Crippen molar-refractivity contribution < 1.29 is 0 Å². The minimum Gasteiger partial charge on any atom is -0.398 e. The maximum absolute atomic E-state index is 6.47. The van der Waals surface area contributed by atoms with Crippen LogP contribution < -0.4 is 11.1 Å². The molecule has 30 heavy (non-hydrogen) atoms. The van der Waals surface area contributed by atoms with Gasteiger partial charge in [0.05, 0.1) is 0 Å². The summed E-state index contributed by atoms with van der Waals surface area (Å²) in [6.07, 6.45) is 2.10. The van der Waals surface area contributed by atoms with Crippen LogP contribution in [0.5, 0.6) is 0 Å². The van der Waals surface area contributed by atoms with Crippen molar-refractivity contribution in [1.29, 1.82) is 0 Å². The van der Waals surface area contributed by atoms with Crippen LogP contribution in [0.3, 0.4) is 0 Å². The van der Waals surface area contributed by atoms with E-state index >= 15 is 0 Å². The van der Waals surface area contributed by atoms with E-state index in [4.69, 9.17) is 17.3 Å². The number of benzene rings is 3. The second-order valence-electron chi connectivity index (χ2n) is 8.87. The second-order valence-corrected chi connectivity index (χ2v) is 9.30. The fourth-order valence-electron chi connectivity index (χ4n) is 4.64. The Labute approximate surface area is 185 Å². The molecule has 3 N–H and O–H groups in total. The largest absolute Gasteiger partial charge is 0.398 e. The van der Waals surface area contributed by atoms with Crippen molar-refractivity contribution in [2.24, 2.45) is 11.8 Å². The van der Waals surface area contributed by atoms with Gasteiger partial charge in [0.2, 0.25) is 0 Å². The molecule has 1 aliphatic rings. The van der Waals surface area contributed by atoms with Crippen LogP contribution in [0.15, 0.2) is 66.7 Å². The Morgan fingerprint density at radius 2 is 1.63 bits per heavy atom. The normalized spacial score (nSPS) is 18.8. The molecule has 0 spiro atoms. The van der Waals surface area contributed by atoms with E-state index in [1.807, 2.05) is 24.3 Å². The maximum Gasteiger partial charge on any atom is 0.0406 e. The Kier molecular flexibility index (Phi) is 6.46. The highest BCUT2D eigenvalue weighted by molar-refractivity contribution is 6.30. The van der Waals surface area contributed by atoms with Crippen LogP contribution >= 0.6 is 11.6 Å². The van der Waals surface area contributed by atoms with E-state index in [0.717, 1.165) is 36.6 Å². The van der Waals surface area contributed by atoms with Crippen LogP contribution in [0.25, 0.3) is 11.1 Å². The van der Waals surface area contributed by atoms with Gasteiger partial charge in [-0.25, -0.2) is 0 Å². The lowest BCUT2D eigenvalue weighted by Crippen LogP contribution is -2.19. The van der Waals surface area contributed by atoms with Crippen LogP contribution in [0.2, 0.25) is 5.02 Å². The summed E-state index contributed by atoms with van der Waals surface area (Å²) in [4.78, 5) is 0. The average Bonchev–Trinajstić information content (AvgIpc) is 3.17. The van der Waals surface area contributed by atoms with E-state index < -0.39 is 0 Å². The summed E-state index contributed by atoms with van der Waals surface area (Å²) in [6, 6.07) is 23.4. The van der Waals surface area contributed by atoms with E-state index in [1.165, 1.54) is 27.8 Å². The second kappa shape index (κ2) is 9.24. The lowest BCUT2D eigenvalue weighted by atomic mass is 9.82. The minimum absolute atomic E-state index is 0.563. The van der Waals surface area contributed by atoms with Gasteiger partial charge in [-0.05, 0) is 89.7 Å². The van der Waals surface area contributed by atoms with E-state index in [2.05, 4.69) is 61.6 Å². The Morgan fingerprint density at radius 1 is 0.933 bits per heavy atom. The van der Waals surface area contributed by atoms with Gasteiger partial charge in [0.15, 0.2) is 0 Å². The first-order valence-corrected chi connectivity index (χ1v) is 11.3. The van der Waals surface area contributed by atoms with Gasteiger partial charge in [-0.3, -0.25) is 0 Å². The van der Waals surface area contributed by atoms with Gasteiger partial charge in [-0.15, -0.1) is 0 Å². The molecule has 2 nitrogen and oxygen atoms in total. The molecule has 0 aromatic heterocycles. The van der Waals surface area contributed by atoms with Crippen LogP contribution in [0, 0.1) is 11.8 Å². The summed E-state index contributed by atoms with van der Waals surface area (Å²) < 4.78 is 0. The number of anilines is 1. The Balaban J connectivity index is 1.56. The molecule has 1 aliphatic heterocycles. The third kappa shape index (κ3) is 4.71. The summed E-state index contributed by atoms with van der Waals surface area (Å²) in [6.45, 7) is 6.63. The molecule has 3 aromatic rings. The fraction of sp³-hybridized carbons (Fsp3) is 0.333. The Morgan fingerprint density at radius 3 is 2.37 bits per heavy atom. The number of rotatable bonds is 6. The molecule has 0 saturated carbocycles. The highest BCUT2D eigenvalue weighted by Crippen LogP contribution is 2.34. The first kappa shape index (κ1) is 21.0. The first-order valence-electron chi connectivity index (χ1n) is 10.9. The number of halogens is 1. The smallest absolute Gasteiger partial charge is 0.0406 e. The number of nitrogen functional groups attached to an aromatic ring is 1. The molecular formula is C27H31ClN2. The summed E-state index contributed by atoms with van der Waals surface area (Å²) >= 11 is 6.10. The molecule has 1 saturated heterocycles. The number of hydrogen-bond donors (Lipinski definition) is 2. The van der Waals surface area contributed by atoms with Gasteiger partial charge < -0.3 is 11.1 Å². The van der Waals surface area contributed by atoms with Crippen molar-refractivity contribution in [2.45, 2.75) is 32.6 Å². The molecule has 0 amide bonds. The van der Waals surface area contributed by atoms with Crippen molar-refractivity contribution in [3.05, 3.63) is 88.4 Å². The van der Waals surface area contributed by atoms with Crippen molar-refractivity contribution in [2.75, 3.05) is 18.8 Å². The third-order valence-electron chi connectivity index (χ3n) is 6.43. The average molecular weight is 419 g/mol. The lowest BCUT2D eigenvalue weighted by molar-refractivity contribution is 0.415. The Bertz CT molecular complexity index is 994. The summed E-state index contributed by atoms with van der Waals surface area (Å²) in [5.41, 5.74) is 13.9. The van der Waals surface area contributed by atoms with E-state index in [-0.39, 0.29) is 0 Å². The van der Waals surface area contributed by atoms with Gasteiger partial charge in [0.1, 0.15) is 0 Å². The molecule has 0 radical (unpaired) electrons. The zero-order valence-corrected chi connectivity index (χ0v) is 18.6. The van der Waals surface area contributed by atoms with Gasteiger partial charge in [-0.2, -0.15) is 0 Å². The molecule has 1 fully saturated rings. The molecule has 2 unspecified atom stereocenters. The van der Waals surface area contributed by atoms with Crippen LogP contribution in [0.1, 0.15) is 36.5 Å². The fourth-order valence-corrected chi connectivity index (χ4v) is 4.77. The van der Waals surface area contributed by atoms with Gasteiger partial charge in [0.25, 0.3) is 0 Å². The monoisotopic (exact) mass is 418 g/mol. The molecule has 4 rings (SSSR count). The number of hydrogen-bond acceptors (Lipinski definition) is 2. The molecule has 0 aliphatic carbocycles. The summed E-state index contributed by atoms with van der Waals surface area (Å²) in [5, 5.41) is 4.39. The van der Waals surface area contributed by atoms with Crippen molar-refractivity contribution in [3.63, 3.8) is 0 Å². The van der Waals surface area contributed by atoms with Crippen molar-refractivity contribution in [3.8, 4) is 11.1 Å². The summed E-state index contributed by atoms with van der Waals surface area (Å²) in [7, 11) is 0. The van der Waals surface area contributed by atoms with Gasteiger partial charge >= 0.3 is 0 Å². The van der Waals surface area contributed by atoms with Gasteiger partial charge in [0, 0.05) is 10.7 Å². The zero-order chi connectivity index (χ0) is 21.1. The maximum atomic E-state index is 6.47. The van der Waals surface area contributed by atoms with E-state index in [1.54, 1.807) is 0 Å². The standard InChI is InChI=1S/C27H31ClN2/c1-18(2)21-6-3-5-19(13-21)14-22-16-30-17-23(22)15-26-25(7-4-8-27(26)29)20-9-11-24(28)12-10-20/h3-13,18,22-23,30H,14-17,29H2,1-2H3. The lowest BCUT2D eigenvalue weighted by Gasteiger charge is -2.22. The van der Waals surface area contributed by atoms with Crippen LogP contribution in [-0.4, -0.2) is 13.1 Å². The van der Waals surface area contributed by atoms with E-state index in [0.29, 0.717) is 17.8 Å². The predicted octanol–water partition coefficient (Wildman–Crippen LogP) is 6.33. The Hall–Kier alpha value is -2.29. The predicted molar refractivity (Wildman–Crippen MR) is 129 cm³/mol. The highest BCUT2D eigenvalue weighted by Gasteiger charge is 2.28. The van der Waals surface area contributed by atoms with Crippen molar-refractivity contribution in [1.82, 2.24) is 5.32 Å². The topological polar surface area (TPSA) is 38.0 Å². The number of nitrogens with two attached hydrogens (primary N) is 1. The minimum atomic E-state index is 0.563. The van der Waals surface area contributed by atoms with E-state index in [9.17, 15) is 0 Å².